The summed E-state index contributed by atoms with van der Waals surface area (Å²) in [6, 6.07) is 0. The zero-order chi connectivity index (χ0) is 44.7. The molecular weight excluding hydrogens is 975 g/mol. The van der Waals surface area contributed by atoms with Gasteiger partial charge in [0.05, 0.1) is 0 Å². The van der Waals surface area contributed by atoms with E-state index in [1.807, 2.05) is 0 Å². The first-order valence-electron chi connectivity index (χ1n) is 25.9. The zero-order valence-corrected chi connectivity index (χ0v) is 47.5. The predicted molar refractivity (Wildman–Crippen MR) is 259 cm³/mol. The van der Waals surface area contributed by atoms with Crippen LogP contribution in [0.4, 0.5) is 0 Å². The maximum Gasteiger partial charge on any atom is 2.00 e. The van der Waals surface area contributed by atoms with Crippen LogP contribution in [-0.4, -0.2) is 45.2 Å². The van der Waals surface area contributed by atoms with Gasteiger partial charge in [-0.15, -0.1) is 0 Å². The third kappa shape index (κ3) is 79.9. The molecule has 0 aromatic rings. The van der Waals surface area contributed by atoms with Crippen molar-refractivity contribution in [1.29, 1.82) is 0 Å². The molecule has 2 radical (unpaired) electrons. The van der Waals surface area contributed by atoms with Gasteiger partial charge < -0.3 is 29.7 Å². The zero-order valence-electron chi connectivity index (χ0n) is 41.6. The summed E-state index contributed by atoms with van der Waals surface area (Å²) in [4.78, 5) is 30.6. The number of carboxylic acid groups (broad SMARTS) is 3. The predicted octanol–water partition coefficient (Wildman–Crippen LogP) is 10.9. The number of hydrogen-bond donors (Lipinski definition) is 0. The molecule has 62 heavy (non-hydrogen) atoms. The van der Waals surface area contributed by atoms with Crippen LogP contribution in [-0.2, 0) is 14.4 Å². The average molecular weight is 1070 g/mol. The summed E-state index contributed by atoms with van der Waals surface area (Å²) < 4.78 is 0. The van der Waals surface area contributed by atoms with Crippen molar-refractivity contribution in [2.45, 2.75) is 290 Å². The molecule has 356 valence electrons. The van der Waals surface area contributed by atoms with E-state index >= 15 is 0 Å². The number of rotatable bonds is 45. The molecule has 0 spiro atoms. The van der Waals surface area contributed by atoms with Gasteiger partial charge in [0, 0.05) is 17.9 Å². The van der Waals surface area contributed by atoms with Crippen LogP contribution in [0.15, 0.2) is 36.5 Å². The smallest absolute Gasteiger partial charge is 0.550 e. The number of unbranched alkanes of at least 4 members (excludes halogenated alkanes) is 33. The maximum atomic E-state index is 10.2. The average Bonchev–Trinajstić information content (AvgIpc) is 3.22. The first-order valence-corrected chi connectivity index (χ1v) is 25.9. The Morgan fingerprint density at radius 2 is 0.419 bits per heavy atom. The monoisotopic (exact) mass is 1070 g/mol. The second kappa shape index (κ2) is 67.1. The number of hydrogen-bond acceptors (Lipinski definition) is 6. The number of carboxylic acids is 3. The maximum absolute atomic E-state index is 10.2. The largest absolute Gasteiger partial charge is 2.00 e. The van der Waals surface area contributed by atoms with Crippen LogP contribution in [0.3, 0.4) is 0 Å². The molecule has 0 atom stereocenters. The van der Waals surface area contributed by atoms with Gasteiger partial charge in [0.15, 0.2) is 0 Å². The molecule has 0 heterocycles. The first kappa shape index (κ1) is 70.6. The molecule has 0 aliphatic carbocycles. The van der Waals surface area contributed by atoms with Crippen molar-refractivity contribution in [3.63, 3.8) is 0 Å². The van der Waals surface area contributed by atoms with E-state index in [2.05, 4.69) is 57.2 Å². The van der Waals surface area contributed by atoms with Crippen molar-refractivity contribution < 1.29 is 59.3 Å². The van der Waals surface area contributed by atoms with Crippen LogP contribution in [0.2, 0.25) is 0 Å². The minimum absolute atomic E-state index is 0. The molecule has 0 amide bonds. The van der Waals surface area contributed by atoms with Gasteiger partial charge in [0.1, 0.15) is 0 Å². The van der Waals surface area contributed by atoms with Crippen molar-refractivity contribution in [2.24, 2.45) is 0 Å². The van der Waals surface area contributed by atoms with Gasteiger partial charge in [0.25, 0.3) is 0 Å². The Morgan fingerprint density at radius 3 is 0.581 bits per heavy atom. The van der Waals surface area contributed by atoms with Crippen LogP contribution < -0.4 is 44.9 Å². The molecule has 6 nitrogen and oxygen atoms in total. The van der Waals surface area contributed by atoms with Crippen LogP contribution in [0.25, 0.3) is 0 Å². The minimum atomic E-state index is -0.914. The van der Waals surface area contributed by atoms with Gasteiger partial charge in [0.2, 0.25) is 0 Å². The first-order chi connectivity index (χ1) is 29.3. The van der Waals surface area contributed by atoms with E-state index in [1.165, 1.54) is 193 Å². The summed E-state index contributed by atoms with van der Waals surface area (Å²) in [6.45, 7) is 6.77. The van der Waals surface area contributed by atoms with Crippen LogP contribution in [0.1, 0.15) is 290 Å². The van der Waals surface area contributed by atoms with Crippen molar-refractivity contribution in [3.8, 4) is 0 Å². The molecule has 0 saturated heterocycles. The topological polar surface area (TPSA) is 120 Å². The second-order valence-electron chi connectivity index (χ2n) is 17.1. The summed E-state index contributed by atoms with van der Waals surface area (Å²) in [7, 11) is 0. The van der Waals surface area contributed by atoms with Gasteiger partial charge in [-0.05, 0) is 116 Å². The Labute approximate surface area is 428 Å². The van der Waals surface area contributed by atoms with Gasteiger partial charge in [-0.1, -0.05) is 211 Å². The fourth-order valence-electron chi connectivity index (χ4n) is 7.02. The Kier molecular flexibility index (Phi) is 76.4. The van der Waals surface area contributed by atoms with E-state index in [0.717, 1.165) is 57.8 Å². The van der Waals surface area contributed by atoms with Crippen LogP contribution in [0.5, 0.6) is 0 Å². The van der Waals surface area contributed by atoms with E-state index in [0.29, 0.717) is 0 Å². The third-order valence-electron chi connectivity index (χ3n) is 10.9. The molecule has 0 aromatic heterocycles. The molecule has 0 aliphatic heterocycles. The molecule has 0 fully saturated rings. The van der Waals surface area contributed by atoms with E-state index < -0.39 is 17.9 Å². The molecule has 0 saturated carbocycles. The van der Waals surface area contributed by atoms with Crippen LogP contribution in [0, 0.1) is 0 Å². The van der Waals surface area contributed by atoms with Crippen molar-refractivity contribution in [2.75, 3.05) is 0 Å². The van der Waals surface area contributed by atoms with Crippen molar-refractivity contribution >= 4 is 45.2 Å². The van der Waals surface area contributed by atoms with E-state index in [4.69, 9.17) is 0 Å². The van der Waals surface area contributed by atoms with Crippen molar-refractivity contribution in [3.05, 3.63) is 36.5 Å². The number of carbonyl (C=O) groups is 3. The third-order valence-corrected chi connectivity index (χ3v) is 10.9. The number of aliphatic carboxylic acids is 3. The standard InChI is InChI=1S/3C18H34O2.Na.Pb/c3*1-2-3-4-5-6-7-8-9-10-11-12-13-14-15-16-17-18(19)20;;/h3*9-10H,2-8,11-17H2,1H3,(H,19,20);;/q;;;+1;+2/p-3/b3*10-9-;;. The summed E-state index contributed by atoms with van der Waals surface area (Å²) in [5, 5.41) is 30.6. The molecular formula is C54H99NaO6Pb. The van der Waals surface area contributed by atoms with Gasteiger partial charge >= 0.3 is 56.9 Å². The quantitative estimate of drug-likeness (QED) is 0.0340. The molecule has 0 N–H and O–H groups in total. The Bertz CT molecular complexity index is 834. The van der Waals surface area contributed by atoms with Gasteiger partial charge in [-0.2, -0.15) is 0 Å². The fourth-order valence-corrected chi connectivity index (χ4v) is 7.02. The normalized spacial score (nSPS) is 10.9. The summed E-state index contributed by atoms with van der Waals surface area (Å²) >= 11 is 0. The fraction of sp³-hybridized carbons (Fsp3) is 0.833. The summed E-state index contributed by atoms with van der Waals surface area (Å²) in [6.07, 6.45) is 62.7. The van der Waals surface area contributed by atoms with E-state index in [-0.39, 0.29) is 76.1 Å². The number of carbonyl (C=O) groups excluding carboxylic acids is 3. The van der Waals surface area contributed by atoms with Gasteiger partial charge in [-0.25, -0.2) is 0 Å². The van der Waals surface area contributed by atoms with Crippen molar-refractivity contribution in [1.82, 2.24) is 0 Å². The molecule has 0 unspecified atom stereocenters. The molecule has 0 rings (SSSR count). The van der Waals surface area contributed by atoms with Crippen LogP contribution >= 0.6 is 0 Å². The molecule has 0 bridgehead atoms. The second-order valence-corrected chi connectivity index (χ2v) is 17.1. The number of allylic oxidation sites excluding steroid dienone is 6. The van der Waals surface area contributed by atoms with E-state index in [9.17, 15) is 29.7 Å². The Balaban J connectivity index is -0.000000258. The summed E-state index contributed by atoms with van der Waals surface area (Å²) in [5.74, 6) is -2.74. The summed E-state index contributed by atoms with van der Waals surface area (Å²) in [5.41, 5.74) is 0. The van der Waals surface area contributed by atoms with E-state index in [1.54, 1.807) is 0 Å². The SMILES string of the molecule is CCCCCCCC/C=C\CCCCCCCC(=O)[O-].CCCCCCCC/C=C\CCCCCCCC(=O)[O-].CCCCCCCC/C=C\CCCCCCCC(=O)[O-].[Na+].[Pb+2]. The van der Waals surface area contributed by atoms with Gasteiger partial charge in [-0.3, -0.25) is 0 Å². The minimum Gasteiger partial charge on any atom is -0.550 e. The molecule has 8 heteroatoms. The molecule has 0 aliphatic rings. The Hall–Kier alpha value is -0.448. The Morgan fingerprint density at radius 1 is 0.274 bits per heavy atom. The molecule has 0 aromatic carbocycles.